The van der Waals surface area contributed by atoms with Gasteiger partial charge < -0.3 is 0 Å². The Bertz CT molecular complexity index is 2090. The molecule has 5 rings (SSSR count). The van der Waals surface area contributed by atoms with Gasteiger partial charge in [-0.05, 0) is 66.3 Å². The van der Waals surface area contributed by atoms with Gasteiger partial charge in [-0.3, -0.25) is 0 Å². The summed E-state index contributed by atoms with van der Waals surface area (Å²) < 4.78 is 58.4. The molecule has 0 saturated heterocycles. The third-order valence-electron chi connectivity index (χ3n) is 14.5. The molecule has 0 amide bonds. The Morgan fingerprint density at radius 3 is 1.29 bits per heavy atom. The smallest absolute Gasteiger partial charge is 0.170 e. The highest BCUT2D eigenvalue weighted by atomic mass is 32.1. The topological polar surface area (TPSA) is 25.8 Å². The maximum Gasteiger partial charge on any atom is 0.170 e. The van der Waals surface area contributed by atoms with Crippen LogP contribution in [0.3, 0.4) is 0 Å². The Kier molecular flexibility index (Phi) is 27.4. The molecule has 0 saturated carbocycles. The van der Waals surface area contributed by atoms with E-state index in [1.54, 1.807) is 6.07 Å². The fourth-order valence-electron chi connectivity index (χ4n) is 10.4. The van der Waals surface area contributed by atoms with Crippen LogP contribution in [0.4, 0.5) is 13.2 Å². The van der Waals surface area contributed by atoms with E-state index in [-0.39, 0.29) is 16.9 Å². The van der Waals surface area contributed by atoms with Crippen molar-refractivity contribution in [3.63, 3.8) is 0 Å². The summed E-state index contributed by atoms with van der Waals surface area (Å²) in [5, 5.41) is 2.17. The predicted molar refractivity (Wildman–Crippen MR) is 297 cm³/mol. The van der Waals surface area contributed by atoms with Crippen molar-refractivity contribution in [3.05, 3.63) is 57.0 Å². The van der Waals surface area contributed by atoms with Crippen LogP contribution in [-0.2, 0) is 12.8 Å². The van der Waals surface area contributed by atoms with Gasteiger partial charge in [-0.2, -0.15) is 8.75 Å². The van der Waals surface area contributed by atoms with Crippen LogP contribution >= 0.6 is 45.7 Å². The van der Waals surface area contributed by atoms with Crippen LogP contribution in [0.5, 0.6) is 0 Å². The van der Waals surface area contributed by atoms with Gasteiger partial charge in [0.1, 0.15) is 16.9 Å². The molecule has 2 atom stereocenters. The second kappa shape index (κ2) is 32.8. The molecule has 0 spiro atoms. The molecule has 4 heterocycles. The number of thiophene rings is 3. The van der Waals surface area contributed by atoms with Crippen LogP contribution in [0, 0.1) is 36.2 Å². The van der Waals surface area contributed by atoms with Gasteiger partial charge in [0.15, 0.2) is 11.6 Å². The van der Waals surface area contributed by atoms with E-state index in [2.05, 4.69) is 54.0 Å². The molecule has 5 aromatic rings. The minimum Gasteiger partial charge on any atom is -0.206 e. The van der Waals surface area contributed by atoms with Gasteiger partial charge in [0.05, 0.1) is 22.9 Å². The third-order valence-corrected chi connectivity index (χ3v) is 18.5. The molecule has 2 unspecified atom stereocenters. The monoisotopic (exact) mass is 1010 g/mol. The first-order valence-electron chi connectivity index (χ1n) is 27.9. The van der Waals surface area contributed by atoms with Gasteiger partial charge in [-0.1, -0.05) is 233 Å². The molecular weight excluding hydrogens is 922 g/mol. The maximum absolute atomic E-state index is 17.0. The fourth-order valence-corrected chi connectivity index (χ4v) is 14.2. The van der Waals surface area contributed by atoms with Crippen molar-refractivity contribution in [2.45, 2.75) is 253 Å². The number of aryl methyl sites for hydroxylation is 1. The Morgan fingerprint density at radius 2 is 0.868 bits per heavy atom. The Labute approximate surface area is 428 Å². The van der Waals surface area contributed by atoms with E-state index in [0.29, 0.717) is 32.6 Å². The van der Waals surface area contributed by atoms with Crippen LogP contribution < -0.4 is 0 Å². The Balaban J connectivity index is 1.38. The molecule has 0 aliphatic heterocycles. The van der Waals surface area contributed by atoms with Gasteiger partial charge >= 0.3 is 0 Å². The lowest BCUT2D eigenvalue weighted by Crippen LogP contribution is -2.05. The molecular formula is C59H89F3N2S4. The Morgan fingerprint density at radius 1 is 0.456 bits per heavy atom. The molecule has 0 radical (unpaired) electrons. The van der Waals surface area contributed by atoms with Gasteiger partial charge in [0.25, 0.3) is 0 Å². The SMILES string of the molecule is CCCCCCCCCCC(CCCCCCCC)Cc1csc(-c2c(F)c(F)c(-c3cc(CC(CCCCCCCC)CCCCCCCCCC)c(-c4cc(F)c(C)s4)s3)c3nsnc23)c1. The second-order valence-corrected chi connectivity index (χ2v) is 24.2. The van der Waals surface area contributed by atoms with Gasteiger partial charge in [0.2, 0.25) is 0 Å². The summed E-state index contributed by atoms with van der Waals surface area (Å²) in [5.41, 5.74) is 3.62. The summed E-state index contributed by atoms with van der Waals surface area (Å²) in [6.45, 7) is 10.9. The zero-order valence-corrected chi connectivity index (χ0v) is 46.4. The first kappa shape index (κ1) is 56.8. The molecule has 1 aromatic carbocycles. The van der Waals surface area contributed by atoms with Crippen molar-refractivity contribution in [2.75, 3.05) is 0 Å². The van der Waals surface area contributed by atoms with E-state index in [9.17, 15) is 0 Å². The number of halogens is 3. The summed E-state index contributed by atoms with van der Waals surface area (Å²) in [7, 11) is 0. The first-order chi connectivity index (χ1) is 33.3. The summed E-state index contributed by atoms with van der Waals surface area (Å²) in [6, 6.07) is 5.84. The zero-order chi connectivity index (χ0) is 48.4. The molecule has 4 aromatic heterocycles. The average molecular weight is 1010 g/mol. The number of benzene rings is 1. The number of aromatic nitrogens is 2. The lowest BCUT2D eigenvalue weighted by atomic mass is 9.88. The number of hydrogen-bond donors (Lipinski definition) is 0. The molecule has 380 valence electrons. The van der Waals surface area contributed by atoms with E-state index in [4.69, 9.17) is 0 Å². The molecule has 0 bridgehead atoms. The van der Waals surface area contributed by atoms with Crippen molar-refractivity contribution in [3.8, 4) is 30.6 Å². The highest BCUT2D eigenvalue weighted by Crippen LogP contribution is 2.48. The predicted octanol–water partition coefficient (Wildman–Crippen LogP) is 22.5. The molecule has 0 fully saturated rings. The quantitative estimate of drug-likeness (QED) is 0.0367. The lowest BCUT2D eigenvalue weighted by molar-refractivity contribution is 0.400. The van der Waals surface area contributed by atoms with Crippen LogP contribution in [-0.4, -0.2) is 8.75 Å². The molecule has 0 N–H and O–H groups in total. The normalized spacial score (nSPS) is 12.8. The van der Waals surface area contributed by atoms with Gasteiger partial charge in [-0.15, -0.1) is 34.0 Å². The standard InChI is InChI=1S/C59H89F3N2S4/c1-6-10-14-18-22-24-28-31-35-45(34-30-26-20-16-12-8-3)38-47-40-50(65-43-47)53-55(61)56(62)54(58-57(53)63-68-64-58)51-41-48(59(67-51)52-42-49(60)44(5)66-52)39-46(36-32-27-21-17-13-9-4)37-33-29-25-23-19-15-11-7-2/h40-43,45-46H,6-39H2,1-5H3. The van der Waals surface area contributed by atoms with E-state index >= 15 is 13.2 Å². The minimum absolute atomic E-state index is 0.193. The number of rotatable bonds is 39. The lowest BCUT2D eigenvalue weighted by Gasteiger charge is -2.17. The molecule has 2 nitrogen and oxygen atoms in total. The summed E-state index contributed by atoms with van der Waals surface area (Å²) in [5.74, 6) is -0.833. The average Bonchev–Trinajstić information content (AvgIpc) is 4.16. The highest BCUT2D eigenvalue weighted by molar-refractivity contribution is 7.24. The van der Waals surface area contributed by atoms with E-state index in [0.717, 1.165) is 57.6 Å². The fraction of sp³-hybridized carbons (Fsp3) is 0.695. The Hall–Kier alpha value is -2.07. The van der Waals surface area contributed by atoms with E-state index in [1.165, 1.54) is 232 Å². The largest absolute Gasteiger partial charge is 0.206 e. The summed E-state index contributed by atoms with van der Waals surface area (Å²) in [4.78, 5) is 3.87. The van der Waals surface area contributed by atoms with E-state index < -0.39 is 11.6 Å². The molecule has 9 heteroatoms. The van der Waals surface area contributed by atoms with Crippen molar-refractivity contribution in [1.82, 2.24) is 8.75 Å². The molecule has 0 aliphatic carbocycles. The van der Waals surface area contributed by atoms with Crippen LogP contribution in [0.15, 0.2) is 23.6 Å². The van der Waals surface area contributed by atoms with Gasteiger partial charge in [0, 0.05) is 24.4 Å². The summed E-state index contributed by atoms with van der Waals surface area (Å²) >= 11 is 5.45. The van der Waals surface area contributed by atoms with Crippen molar-refractivity contribution < 1.29 is 13.2 Å². The second-order valence-electron chi connectivity index (χ2n) is 20.4. The summed E-state index contributed by atoms with van der Waals surface area (Å²) in [6.07, 6.45) is 43.0. The van der Waals surface area contributed by atoms with Crippen LogP contribution in [0.25, 0.3) is 41.7 Å². The van der Waals surface area contributed by atoms with Gasteiger partial charge in [-0.25, -0.2) is 13.2 Å². The number of fused-ring (bicyclic) bond motifs is 1. The third kappa shape index (κ3) is 18.5. The molecule has 68 heavy (non-hydrogen) atoms. The van der Waals surface area contributed by atoms with Crippen LogP contribution in [0.2, 0.25) is 0 Å². The number of unbranched alkanes of at least 4 members (excludes halogenated alkanes) is 24. The number of hydrogen-bond acceptors (Lipinski definition) is 6. The minimum atomic E-state index is -0.860. The highest BCUT2D eigenvalue weighted by Gasteiger charge is 2.29. The zero-order valence-electron chi connectivity index (χ0n) is 43.2. The van der Waals surface area contributed by atoms with Crippen LogP contribution in [0.1, 0.15) is 249 Å². The molecule has 0 aliphatic rings. The van der Waals surface area contributed by atoms with Crippen molar-refractivity contribution in [1.29, 1.82) is 0 Å². The maximum atomic E-state index is 17.0. The van der Waals surface area contributed by atoms with E-state index in [1.807, 2.05) is 6.92 Å². The van der Waals surface area contributed by atoms with Crippen molar-refractivity contribution in [2.24, 2.45) is 11.8 Å². The number of nitrogens with zero attached hydrogens (tertiary/aromatic N) is 2. The first-order valence-corrected chi connectivity index (χ1v) is 31.1. The van der Waals surface area contributed by atoms with Crippen molar-refractivity contribution >= 4 is 56.8 Å².